The molecule has 196 valence electrons. The van der Waals surface area contributed by atoms with E-state index in [0.717, 1.165) is 68.2 Å². The monoisotopic (exact) mass is 509 g/mol. The molecule has 0 saturated carbocycles. The number of amides is 1. The van der Waals surface area contributed by atoms with Gasteiger partial charge in [0, 0.05) is 55.4 Å². The van der Waals surface area contributed by atoms with E-state index in [1.54, 1.807) is 12.1 Å². The Balaban J connectivity index is 0.00000102. The lowest BCUT2D eigenvalue weighted by Crippen LogP contribution is -2.37. The zero-order chi connectivity index (χ0) is 26.4. The fraction of sp³-hybridized carbons (Fsp3) is 0.417. The molecule has 13 nitrogen and oxygen atoms in total. The molecule has 1 saturated heterocycles. The number of ether oxygens (including phenoxy) is 1. The third kappa shape index (κ3) is 6.01. The number of carbonyl (C=O) groups is 2. The number of aryl methyl sites for hydroxylation is 3. The highest BCUT2D eigenvalue weighted by molar-refractivity contribution is 6.02. The second kappa shape index (κ2) is 11.8. The summed E-state index contributed by atoms with van der Waals surface area (Å²) in [7, 11) is 0. The van der Waals surface area contributed by atoms with Crippen LogP contribution in [-0.4, -0.2) is 90.0 Å². The molecule has 3 aromatic heterocycles. The summed E-state index contributed by atoms with van der Waals surface area (Å²) in [6, 6.07) is 5.43. The van der Waals surface area contributed by atoms with Crippen molar-refractivity contribution in [2.75, 3.05) is 32.8 Å². The van der Waals surface area contributed by atoms with Crippen LogP contribution in [0.3, 0.4) is 0 Å². The van der Waals surface area contributed by atoms with Crippen LogP contribution in [0.15, 0.2) is 24.4 Å². The molecular weight excluding hydrogens is 478 g/mol. The third-order valence-electron chi connectivity index (χ3n) is 6.09. The van der Waals surface area contributed by atoms with Crippen molar-refractivity contribution in [3.8, 4) is 22.9 Å². The minimum Gasteiger partial charge on any atom is -0.483 e. The molecule has 4 aromatic rings. The topological polar surface area (TPSA) is 170 Å². The minimum atomic E-state index is -0.510. The highest BCUT2D eigenvalue weighted by atomic mass is 16.5. The van der Waals surface area contributed by atoms with E-state index >= 15 is 0 Å². The summed E-state index contributed by atoms with van der Waals surface area (Å²) in [5.74, 6) is 0.592. The van der Waals surface area contributed by atoms with Gasteiger partial charge in [-0.25, -0.2) is 4.98 Å². The van der Waals surface area contributed by atoms with Crippen LogP contribution in [0.4, 0.5) is 0 Å². The van der Waals surface area contributed by atoms with Crippen molar-refractivity contribution in [3.05, 3.63) is 35.7 Å². The van der Waals surface area contributed by atoms with Gasteiger partial charge < -0.3 is 15.6 Å². The quantitative estimate of drug-likeness (QED) is 0.298. The first-order chi connectivity index (χ1) is 17.9. The molecule has 1 amide bonds. The standard InChI is InChI=1S/C23H29N9O2.CH2O2/c1-3-32-20(11-15(2)28-32)23-25-22(26-27-23)17-12-16(21(24)33)13-19-18(17)14-31(29-19)6-4-5-30-7-9-34-10-8-30;2-1-3/h11-14H,3-10H2,1-2H3,(H2,24,33)(H,25,26,27);1H,(H,2,3). The first kappa shape index (κ1) is 26.0. The van der Waals surface area contributed by atoms with Gasteiger partial charge in [-0.1, -0.05) is 0 Å². The smallest absolute Gasteiger partial charge is 0.290 e. The first-order valence-electron chi connectivity index (χ1n) is 12.1. The van der Waals surface area contributed by atoms with Gasteiger partial charge in [0.1, 0.15) is 5.69 Å². The number of nitrogens with one attached hydrogen (secondary N) is 1. The average Bonchev–Trinajstić information content (AvgIpc) is 3.62. The summed E-state index contributed by atoms with van der Waals surface area (Å²) >= 11 is 0. The summed E-state index contributed by atoms with van der Waals surface area (Å²) in [4.78, 5) is 27.5. The fourth-order valence-corrected chi connectivity index (χ4v) is 4.37. The van der Waals surface area contributed by atoms with E-state index in [2.05, 4.69) is 20.2 Å². The Hall–Kier alpha value is -4.10. The number of aromatic amines is 1. The molecule has 1 fully saturated rings. The number of nitrogens with zero attached hydrogens (tertiary/aromatic N) is 7. The summed E-state index contributed by atoms with van der Waals surface area (Å²) in [6.07, 6.45) is 2.97. The predicted molar refractivity (Wildman–Crippen MR) is 136 cm³/mol. The van der Waals surface area contributed by atoms with Gasteiger partial charge in [0.2, 0.25) is 5.91 Å². The van der Waals surface area contributed by atoms with E-state index in [1.165, 1.54) is 0 Å². The van der Waals surface area contributed by atoms with Crippen LogP contribution >= 0.6 is 0 Å². The number of aromatic nitrogens is 7. The van der Waals surface area contributed by atoms with Crippen molar-refractivity contribution >= 4 is 23.3 Å². The largest absolute Gasteiger partial charge is 0.483 e. The van der Waals surface area contributed by atoms with Gasteiger partial charge in [-0.15, -0.1) is 0 Å². The minimum absolute atomic E-state index is 0.250. The van der Waals surface area contributed by atoms with Crippen LogP contribution in [-0.2, 0) is 22.6 Å². The Morgan fingerprint density at radius 2 is 1.97 bits per heavy atom. The van der Waals surface area contributed by atoms with Gasteiger partial charge >= 0.3 is 0 Å². The predicted octanol–water partition coefficient (Wildman–Crippen LogP) is 1.54. The van der Waals surface area contributed by atoms with Gasteiger partial charge in [-0.2, -0.15) is 15.3 Å². The molecule has 13 heteroatoms. The lowest BCUT2D eigenvalue weighted by molar-refractivity contribution is -0.122. The van der Waals surface area contributed by atoms with Gasteiger partial charge in [-0.3, -0.25) is 29.0 Å². The number of hydrogen-bond acceptors (Lipinski definition) is 8. The molecule has 0 spiro atoms. The lowest BCUT2D eigenvalue weighted by atomic mass is 10.1. The normalized spacial score (nSPS) is 13.9. The lowest BCUT2D eigenvalue weighted by Gasteiger charge is -2.26. The third-order valence-corrected chi connectivity index (χ3v) is 6.09. The molecule has 37 heavy (non-hydrogen) atoms. The van der Waals surface area contributed by atoms with Crippen molar-refractivity contribution in [1.29, 1.82) is 0 Å². The Morgan fingerprint density at radius 3 is 2.68 bits per heavy atom. The maximum absolute atomic E-state index is 12.0. The van der Waals surface area contributed by atoms with Gasteiger partial charge in [0.05, 0.1) is 24.4 Å². The molecule has 4 heterocycles. The number of benzene rings is 1. The van der Waals surface area contributed by atoms with E-state index < -0.39 is 5.91 Å². The van der Waals surface area contributed by atoms with Crippen molar-refractivity contribution < 1.29 is 19.4 Å². The molecule has 0 bridgehead atoms. The maximum atomic E-state index is 12.0. The maximum Gasteiger partial charge on any atom is 0.290 e. The van der Waals surface area contributed by atoms with Crippen LogP contribution in [0, 0.1) is 6.92 Å². The Labute approximate surface area is 213 Å². The van der Waals surface area contributed by atoms with E-state index in [1.807, 2.05) is 35.5 Å². The number of morpholine rings is 1. The van der Waals surface area contributed by atoms with Gasteiger partial charge in [0.25, 0.3) is 6.47 Å². The SMILES string of the molecule is CCn1nc(C)cc1-c1n[nH]c(-c2cc(C(N)=O)cc3nn(CCCN4CCOCC4)cc23)n1.O=CO. The molecule has 5 rings (SSSR count). The molecule has 1 aliphatic heterocycles. The van der Waals surface area contributed by atoms with E-state index in [4.69, 9.17) is 30.5 Å². The number of rotatable bonds is 8. The van der Waals surface area contributed by atoms with Crippen LogP contribution in [0.5, 0.6) is 0 Å². The Kier molecular flexibility index (Phi) is 8.25. The number of carboxylic acid groups (broad SMARTS) is 1. The molecule has 0 atom stereocenters. The molecule has 1 aliphatic rings. The first-order valence-corrected chi connectivity index (χ1v) is 12.1. The molecule has 0 aliphatic carbocycles. The van der Waals surface area contributed by atoms with Gasteiger partial charge in [-0.05, 0) is 38.5 Å². The zero-order valence-electron chi connectivity index (χ0n) is 20.9. The highest BCUT2D eigenvalue weighted by Gasteiger charge is 2.18. The Bertz CT molecular complexity index is 1370. The van der Waals surface area contributed by atoms with E-state index in [0.29, 0.717) is 29.3 Å². The molecule has 0 unspecified atom stereocenters. The number of H-pyrrole nitrogens is 1. The van der Waals surface area contributed by atoms with Crippen LogP contribution in [0.1, 0.15) is 29.4 Å². The number of carbonyl (C=O) groups excluding carboxylic acids is 1. The number of fused-ring (bicyclic) bond motifs is 1. The second-order valence-electron chi connectivity index (χ2n) is 8.62. The van der Waals surface area contributed by atoms with Crippen LogP contribution in [0.2, 0.25) is 0 Å². The fourth-order valence-electron chi connectivity index (χ4n) is 4.37. The van der Waals surface area contributed by atoms with Crippen LogP contribution < -0.4 is 5.73 Å². The highest BCUT2D eigenvalue weighted by Crippen LogP contribution is 2.29. The average molecular weight is 510 g/mol. The zero-order valence-corrected chi connectivity index (χ0v) is 20.9. The molecule has 1 aromatic carbocycles. The van der Waals surface area contributed by atoms with Gasteiger partial charge in [0.15, 0.2) is 11.6 Å². The van der Waals surface area contributed by atoms with E-state index in [-0.39, 0.29) is 6.47 Å². The van der Waals surface area contributed by atoms with Crippen LogP contribution in [0.25, 0.3) is 33.8 Å². The molecule has 0 radical (unpaired) electrons. The molecular formula is C24H31N9O4. The molecule has 4 N–H and O–H groups in total. The summed E-state index contributed by atoms with van der Waals surface area (Å²) in [6.45, 7) is 9.72. The summed E-state index contributed by atoms with van der Waals surface area (Å²) in [5.41, 5.74) is 9.17. The summed E-state index contributed by atoms with van der Waals surface area (Å²) in [5, 5.41) is 24.4. The number of hydrogen-bond donors (Lipinski definition) is 3. The summed E-state index contributed by atoms with van der Waals surface area (Å²) < 4.78 is 9.21. The van der Waals surface area contributed by atoms with E-state index in [9.17, 15) is 4.79 Å². The Morgan fingerprint density at radius 1 is 1.22 bits per heavy atom. The van der Waals surface area contributed by atoms with Crippen molar-refractivity contribution in [2.24, 2.45) is 5.73 Å². The van der Waals surface area contributed by atoms with Crippen molar-refractivity contribution in [3.63, 3.8) is 0 Å². The van der Waals surface area contributed by atoms with Crippen molar-refractivity contribution in [2.45, 2.75) is 33.4 Å². The van der Waals surface area contributed by atoms with Crippen molar-refractivity contribution in [1.82, 2.24) is 39.6 Å². The second-order valence-corrected chi connectivity index (χ2v) is 8.62. The number of primary amides is 1. The number of nitrogens with two attached hydrogens (primary N) is 1.